The van der Waals surface area contributed by atoms with Gasteiger partial charge in [0.2, 0.25) is 0 Å². The molecule has 28 heavy (non-hydrogen) atoms. The Balaban J connectivity index is 1.87. The van der Waals surface area contributed by atoms with Gasteiger partial charge in [-0.1, -0.05) is 29.8 Å². The van der Waals surface area contributed by atoms with Crippen LogP contribution in [0, 0.1) is 18.2 Å². The number of benzene rings is 1. The predicted molar refractivity (Wildman–Crippen MR) is 107 cm³/mol. The molecule has 0 spiro atoms. The van der Waals surface area contributed by atoms with Crippen LogP contribution in [0.1, 0.15) is 36.6 Å². The van der Waals surface area contributed by atoms with Crippen LogP contribution in [0.15, 0.2) is 24.3 Å². The molecule has 1 aliphatic rings. The van der Waals surface area contributed by atoms with Crippen LogP contribution in [-0.2, 0) is 29.5 Å². The van der Waals surface area contributed by atoms with Gasteiger partial charge in [-0.05, 0) is 51.3 Å². The molecule has 152 valence electrons. The first-order valence-corrected chi connectivity index (χ1v) is 10.0. The summed E-state index contributed by atoms with van der Waals surface area (Å²) in [5.41, 5.74) is 1.63. The monoisotopic (exact) mass is 407 g/mol. The lowest BCUT2D eigenvalue weighted by atomic mass is 9.75. The van der Waals surface area contributed by atoms with E-state index in [2.05, 4.69) is 10.00 Å². The second-order valence-electron chi connectivity index (χ2n) is 7.56. The first kappa shape index (κ1) is 20.8. The Labute approximate surface area is 170 Å². The van der Waals surface area contributed by atoms with Crippen LogP contribution in [0.3, 0.4) is 0 Å². The van der Waals surface area contributed by atoms with E-state index in [1.165, 1.54) is 6.07 Å². The number of hydrogen-bond donors (Lipinski definition) is 0. The molecule has 1 aliphatic heterocycles. The molecule has 0 unspecified atom stereocenters. The van der Waals surface area contributed by atoms with E-state index in [1.807, 2.05) is 14.0 Å². The minimum absolute atomic E-state index is 0.253. The van der Waals surface area contributed by atoms with Crippen molar-refractivity contribution in [3.63, 3.8) is 0 Å². The minimum atomic E-state index is -0.765. The lowest BCUT2D eigenvalue weighted by Gasteiger charge is -2.41. The third-order valence-corrected chi connectivity index (χ3v) is 5.98. The molecule has 2 heterocycles. The molecule has 3 rings (SSSR count). The number of rotatable bonds is 6. The van der Waals surface area contributed by atoms with Crippen molar-refractivity contribution in [2.24, 2.45) is 12.5 Å². The van der Waals surface area contributed by atoms with Crippen molar-refractivity contribution in [3.8, 4) is 0 Å². The van der Waals surface area contributed by atoms with Crippen LogP contribution in [-0.4, -0.2) is 40.3 Å². The van der Waals surface area contributed by atoms with E-state index in [0.29, 0.717) is 43.3 Å². The topological polar surface area (TPSA) is 47.4 Å². The number of carbonyl (C=O) groups excluding carboxylic acids is 1. The lowest BCUT2D eigenvalue weighted by Crippen LogP contribution is -2.49. The Morgan fingerprint density at radius 3 is 2.79 bits per heavy atom. The minimum Gasteiger partial charge on any atom is -0.466 e. The number of ether oxygens (including phenoxy) is 1. The standard InChI is InChI=1S/C21H27ClFN3O2/c1-4-28-20(27)21(12-16-8-5-6-9-18(16)23)10-7-11-26(14-21)13-17-15(2)24-25(3)19(17)22/h5-6,8-9H,4,7,10-14H2,1-3H3/t21-/m0/s1. The fraction of sp³-hybridized carbons (Fsp3) is 0.524. The SMILES string of the molecule is CCOC(=O)[C@]1(Cc2ccccc2F)CCCN(Cc2c(C)nn(C)c2Cl)C1. The average Bonchev–Trinajstić information content (AvgIpc) is 2.90. The third-order valence-electron chi connectivity index (χ3n) is 5.50. The van der Waals surface area contributed by atoms with Gasteiger partial charge in [0.1, 0.15) is 11.0 Å². The summed E-state index contributed by atoms with van der Waals surface area (Å²) >= 11 is 6.40. The summed E-state index contributed by atoms with van der Waals surface area (Å²) in [6, 6.07) is 6.65. The number of likely N-dealkylation sites (tertiary alicyclic amines) is 1. The van der Waals surface area contributed by atoms with Gasteiger partial charge in [0, 0.05) is 25.7 Å². The molecule has 1 aromatic carbocycles. The van der Waals surface area contributed by atoms with E-state index in [-0.39, 0.29) is 11.8 Å². The van der Waals surface area contributed by atoms with E-state index in [4.69, 9.17) is 16.3 Å². The van der Waals surface area contributed by atoms with Crippen molar-refractivity contribution < 1.29 is 13.9 Å². The maximum Gasteiger partial charge on any atom is 0.313 e. The average molecular weight is 408 g/mol. The predicted octanol–water partition coefficient (Wildman–Crippen LogP) is 3.91. The molecule has 0 bridgehead atoms. The number of aromatic nitrogens is 2. The summed E-state index contributed by atoms with van der Waals surface area (Å²) < 4.78 is 21.4. The Morgan fingerprint density at radius 1 is 1.39 bits per heavy atom. The Bertz CT molecular complexity index is 854. The highest BCUT2D eigenvalue weighted by Crippen LogP contribution is 2.37. The van der Waals surface area contributed by atoms with Crippen molar-refractivity contribution in [1.29, 1.82) is 0 Å². The van der Waals surface area contributed by atoms with Crippen LogP contribution in [0.5, 0.6) is 0 Å². The van der Waals surface area contributed by atoms with E-state index in [1.54, 1.807) is 29.8 Å². The van der Waals surface area contributed by atoms with Crippen LogP contribution in [0.4, 0.5) is 4.39 Å². The Kier molecular flexibility index (Phi) is 6.40. The number of esters is 1. The fourth-order valence-electron chi connectivity index (χ4n) is 4.11. The number of halogens is 2. The smallest absolute Gasteiger partial charge is 0.313 e. The summed E-state index contributed by atoms with van der Waals surface area (Å²) in [5, 5.41) is 4.98. The largest absolute Gasteiger partial charge is 0.466 e. The molecular weight excluding hydrogens is 381 g/mol. The van der Waals surface area contributed by atoms with Crippen molar-refractivity contribution >= 4 is 17.6 Å². The van der Waals surface area contributed by atoms with Crippen LogP contribution in [0.25, 0.3) is 0 Å². The normalized spacial score (nSPS) is 20.3. The molecule has 1 aromatic heterocycles. The number of aryl methyl sites for hydroxylation is 2. The van der Waals surface area contributed by atoms with Crippen molar-refractivity contribution in [2.75, 3.05) is 19.7 Å². The molecule has 0 saturated carbocycles. The lowest BCUT2D eigenvalue weighted by molar-refractivity contribution is -0.159. The second-order valence-corrected chi connectivity index (χ2v) is 7.92. The highest BCUT2D eigenvalue weighted by Gasteiger charge is 2.44. The first-order chi connectivity index (χ1) is 13.4. The fourth-order valence-corrected chi connectivity index (χ4v) is 4.35. The van der Waals surface area contributed by atoms with Gasteiger partial charge in [-0.3, -0.25) is 14.4 Å². The summed E-state index contributed by atoms with van der Waals surface area (Å²) in [7, 11) is 1.82. The van der Waals surface area contributed by atoms with Crippen LogP contribution >= 0.6 is 11.6 Å². The quantitative estimate of drug-likeness (QED) is 0.681. The van der Waals surface area contributed by atoms with E-state index >= 15 is 0 Å². The highest BCUT2D eigenvalue weighted by atomic mass is 35.5. The Morgan fingerprint density at radius 2 is 2.14 bits per heavy atom. The van der Waals surface area contributed by atoms with E-state index < -0.39 is 5.41 Å². The molecule has 1 atom stereocenters. The molecule has 7 heteroatoms. The first-order valence-electron chi connectivity index (χ1n) is 9.67. The van der Waals surface area contributed by atoms with Gasteiger partial charge in [0.05, 0.1) is 17.7 Å². The Hall–Kier alpha value is -1.92. The number of hydrogen-bond acceptors (Lipinski definition) is 4. The van der Waals surface area contributed by atoms with Gasteiger partial charge in [-0.25, -0.2) is 4.39 Å². The van der Waals surface area contributed by atoms with Crippen molar-refractivity contribution in [2.45, 2.75) is 39.7 Å². The molecule has 0 amide bonds. The second kappa shape index (κ2) is 8.62. The van der Waals surface area contributed by atoms with E-state index in [0.717, 1.165) is 24.2 Å². The number of nitrogens with zero attached hydrogens (tertiary/aromatic N) is 3. The molecule has 0 N–H and O–H groups in total. The number of piperidine rings is 1. The zero-order chi connectivity index (χ0) is 20.3. The molecule has 2 aromatic rings. The van der Waals surface area contributed by atoms with Gasteiger partial charge in [-0.2, -0.15) is 5.10 Å². The van der Waals surface area contributed by atoms with Crippen molar-refractivity contribution in [3.05, 3.63) is 52.1 Å². The summed E-state index contributed by atoms with van der Waals surface area (Å²) in [6.07, 6.45) is 1.84. The molecule has 5 nitrogen and oxygen atoms in total. The highest BCUT2D eigenvalue weighted by molar-refractivity contribution is 6.30. The summed E-state index contributed by atoms with van der Waals surface area (Å²) in [5.74, 6) is -0.536. The molecule has 1 saturated heterocycles. The molecule has 0 radical (unpaired) electrons. The maximum atomic E-state index is 14.3. The maximum absolute atomic E-state index is 14.3. The summed E-state index contributed by atoms with van der Waals surface area (Å²) in [4.78, 5) is 15.2. The van der Waals surface area contributed by atoms with Crippen LogP contribution in [0.2, 0.25) is 5.15 Å². The molecule has 0 aliphatic carbocycles. The van der Waals surface area contributed by atoms with Gasteiger partial charge in [-0.15, -0.1) is 0 Å². The van der Waals surface area contributed by atoms with E-state index in [9.17, 15) is 9.18 Å². The molecule has 1 fully saturated rings. The van der Waals surface area contributed by atoms with Gasteiger partial charge in [0.15, 0.2) is 0 Å². The zero-order valence-electron chi connectivity index (χ0n) is 16.7. The zero-order valence-corrected chi connectivity index (χ0v) is 17.4. The van der Waals surface area contributed by atoms with Gasteiger partial charge in [0.25, 0.3) is 0 Å². The van der Waals surface area contributed by atoms with Gasteiger partial charge >= 0.3 is 5.97 Å². The van der Waals surface area contributed by atoms with Crippen molar-refractivity contribution in [1.82, 2.24) is 14.7 Å². The third kappa shape index (κ3) is 4.23. The van der Waals surface area contributed by atoms with Crippen LogP contribution < -0.4 is 0 Å². The summed E-state index contributed by atoms with van der Waals surface area (Å²) in [6.45, 7) is 6.01. The molecular formula is C21H27ClFN3O2. The van der Waals surface area contributed by atoms with Gasteiger partial charge < -0.3 is 4.74 Å². The number of carbonyl (C=O) groups is 1.